The molecule has 0 aliphatic heterocycles. The van der Waals surface area contributed by atoms with Crippen molar-refractivity contribution in [3.63, 3.8) is 0 Å². The Bertz CT molecular complexity index is 181. The van der Waals surface area contributed by atoms with Crippen LogP contribution in [0.3, 0.4) is 0 Å². The van der Waals surface area contributed by atoms with Crippen LogP contribution < -0.4 is 0 Å². The summed E-state index contributed by atoms with van der Waals surface area (Å²) < 4.78 is 4.40. The molecule has 0 saturated heterocycles. The zero-order chi connectivity index (χ0) is 9.98. The summed E-state index contributed by atoms with van der Waals surface area (Å²) in [6.07, 6.45) is 0.0417. The summed E-state index contributed by atoms with van der Waals surface area (Å²) in [5, 5.41) is 7.77. The average Bonchev–Trinajstić information content (AvgIpc) is 1.87. The van der Waals surface area contributed by atoms with E-state index in [-0.39, 0.29) is 18.2 Å². The van der Waals surface area contributed by atoms with Crippen LogP contribution in [0.5, 0.6) is 0 Å². The lowest BCUT2D eigenvalue weighted by Crippen LogP contribution is -1.95. The first-order valence-corrected chi connectivity index (χ1v) is 3.54. The van der Waals surface area contributed by atoms with E-state index in [0.29, 0.717) is 6.61 Å². The molecule has 0 bridgehead atoms. The van der Waals surface area contributed by atoms with E-state index >= 15 is 0 Å². The zero-order valence-electron chi connectivity index (χ0n) is 7.59. The second-order valence-electron chi connectivity index (χ2n) is 1.96. The largest absolute Gasteiger partial charge is 0.466 e. The Morgan fingerprint density at radius 3 is 1.92 bits per heavy atom. The maximum Gasteiger partial charge on any atom is 0.302 e. The molecule has 12 heavy (non-hydrogen) atoms. The molecule has 0 N–H and O–H groups in total. The van der Waals surface area contributed by atoms with Crippen molar-refractivity contribution in [2.45, 2.75) is 27.2 Å². The fourth-order valence-corrected chi connectivity index (χ4v) is 0.315. The summed E-state index contributed by atoms with van der Waals surface area (Å²) in [6, 6.07) is 1.72. The van der Waals surface area contributed by atoms with Crippen LogP contribution in [0.25, 0.3) is 0 Å². The summed E-state index contributed by atoms with van der Waals surface area (Å²) in [5.41, 5.74) is 0. The van der Waals surface area contributed by atoms with Gasteiger partial charge >= 0.3 is 5.97 Å². The van der Waals surface area contributed by atoms with Gasteiger partial charge in [-0.1, -0.05) is 0 Å². The Hall–Kier alpha value is -1.37. The number of ketones is 1. The minimum absolute atomic E-state index is 0.0417. The standard InChI is InChI=1S/C4H5NO.C4H8O2/c1-4(6)2-3-5;1-3-6-4(2)5/h2H2,1H3;3H2,1-2H3. The van der Waals surface area contributed by atoms with Crippen LogP contribution in [0.4, 0.5) is 0 Å². The molecule has 0 radical (unpaired) electrons. The van der Waals surface area contributed by atoms with Crippen LogP contribution in [0.2, 0.25) is 0 Å². The maximum atomic E-state index is 9.82. The van der Waals surface area contributed by atoms with Crippen molar-refractivity contribution in [2.24, 2.45) is 0 Å². The normalized spacial score (nSPS) is 7.17. The molecule has 0 unspecified atom stereocenters. The van der Waals surface area contributed by atoms with Crippen molar-refractivity contribution < 1.29 is 14.3 Å². The van der Waals surface area contributed by atoms with Crippen molar-refractivity contribution in [3.05, 3.63) is 0 Å². The molecule has 0 aromatic carbocycles. The highest BCUT2D eigenvalue weighted by Crippen LogP contribution is 1.72. The van der Waals surface area contributed by atoms with E-state index < -0.39 is 0 Å². The first-order valence-electron chi connectivity index (χ1n) is 3.54. The number of Topliss-reactive ketones (excluding diaryl/α,β-unsaturated/α-hetero) is 1. The van der Waals surface area contributed by atoms with E-state index in [1.54, 1.807) is 13.0 Å². The fourth-order valence-electron chi connectivity index (χ4n) is 0.315. The van der Waals surface area contributed by atoms with Gasteiger partial charge in [-0.3, -0.25) is 9.59 Å². The molecule has 4 nitrogen and oxygen atoms in total. The zero-order valence-corrected chi connectivity index (χ0v) is 7.59. The molecule has 0 heterocycles. The number of carbonyl (C=O) groups excluding carboxylic acids is 2. The smallest absolute Gasteiger partial charge is 0.302 e. The molecule has 0 aromatic rings. The van der Waals surface area contributed by atoms with Crippen LogP contribution >= 0.6 is 0 Å². The summed E-state index contributed by atoms with van der Waals surface area (Å²) in [7, 11) is 0. The van der Waals surface area contributed by atoms with Gasteiger partial charge < -0.3 is 4.74 Å². The van der Waals surface area contributed by atoms with Crippen molar-refractivity contribution in [1.82, 2.24) is 0 Å². The molecule has 0 rings (SSSR count). The Balaban J connectivity index is 0. The van der Waals surface area contributed by atoms with Crippen LogP contribution in [-0.2, 0) is 14.3 Å². The molecule has 0 aromatic heterocycles. The van der Waals surface area contributed by atoms with Crippen LogP contribution in [0, 0.1) is 11.3 Å². The number of nitriles is 1. The second-order valence-corrected chi connectivity index (χ2v) is 1.96. The van der Waals surface area contributed by atoms with Gasteiger partial charge in [-0.05, 0) is 13.8 Å². The Kier molecular flexibility index (Phi) is 10.6. The van der Waals surface area contributed by atoms with Gasteiger partial charge in [-0.15, -0.1) is 0 Å². The van der Waals surface area contributed by atoms with E-state index in [0.717, 1.165) is 0 Å². The van der Waals surface area contributed by atoms with Gasteiger partial charge in [-0.25, -0.2) is 0 Å². The second kappa shape index (κ2) is 9.63. The minimum Gasteiger partial charge on any atom is -0.466 e. The molecule has 4 heteroatoms. The SMILES string of the molecule is CC(=O)CC#N.CCOC(C)=O. The molecule has 0 fully saturated rings. The molecule has 0 amide bonds. The van der Waals surface area contributed by atoms with Crippen molar-refractivity contribution in [2.75, 3.05) is 6.61 Å². The van der Waals surface area contributed by atoms with Gasteiger partial charge in [0.25, 0.3) is 0 Å². The molecule has 0 saturated carbocycles. The van der Waals surface area contributed by atoms with Crippen molar-refractivity contribution >= 4 is 11.8 Å². The quantitative estimate of drug-likeness (QED) is 0.582. The Labute approximate surface area is 72.1 Å². The average molecular weight is 171 g/mol. The molecule has 0 aliphatic carbocycles. The number of ether oxygens (including phenoxy) is 1. The fraction of sp³-hybridized carbons (Fsp3) is 0.625. The summed E-state index contributed by atoms with van der Waals surface area (Å²) >= 11 is 0. The lowest BCUT2D eigenvalue weighted by atomic mass is 10.3. The number of carbonyl (C=O) groups is 2. The number of rotatable bonds is 2. The molecule has 0 aliphatic rings. The van der Waals surface area contributed by atoms with E-state index in [9.17, 15) is 9.59 Å². The summed E-state index contributed by atoms with van der Waals surface area (Å²) in [4.78, 5) is 19.6. The molecule has 0 atom stereocenters. The topological polar surface area (TPSA) is 67.2 Å². The first kappa shape index (κ1) is 13.2. The Morgan fingerprint density at radius 1 is 1.42 bits per heavy atom. The van der Waals surface area contributed by atoms with Crippen LogP contribution in [-0.4, -0.2) is 18.4 Å². The highest BCUT2D eigenvalue weighted by atomic mass is 16.5. The van der Waals surface area contributed by atoms with Gasteiger partial charge in [0.1, 0.15) is 5.78 Å². The predicted octanol–water partition coefficient (Wildman–Crippen LogP) is 1.06. The predicted molar refractivity (Wildman–Crippen MR) is 43.2 cm³/mol. The number of hydrogen-bond donors (Lipinski definition) is 0. The van der Waals surface area contributed by atoms with Crippen LogP contribution in [0.15, 0.2) is 0 Å². The highest BCUT2D eigenvalue weighted by Gasteiger charge is 1.83. The summed E-state index contributed by atoms with van der Waals surface area (Å²) in [6.45, 7) is 5.05. The molecule has 68 valence electrons. The third kappa shape index (κ3) is 23.4. The van der Waals surface area contributed by atoms with E-state index in [2.05, 4.69) is 4.74 Å². The van der Waals surface area contributed by atoms with Crippen molar-refractivity contribution in [1.29, 1.82) is 5.26 Å². The highest BCUT2D eigenvalue weighted by molar-refractivity contribution is 5.77. The number of esters is 1. The van der Waals surface area contributed by atoms with Crippen molar-refractivity contribution in [3.8, 4) is 6.07 Å². The third-order valence-corrected chi connectivity index (χ3v) is 0.676. The van der Waals surface area contributed by atoms with Gasteiger partial charge in [0.15, 0.2) is 0 Å². The lowest BCUT2D eigenvalue weighted by molar-refractivity contribution is -0.140. The number of nitrogens with zero attached hydrogens (tertiary/aromatic N) is 1. The molecular formula is C8H13NO3. The third-order valence-electron chi connectivity index (χ3n) is 0.676. The molecule has 0 spiro atoms. The monoisotopic (exact) mass is 171 g/mol. The minimum atomic E-state index is -0.211. The lowest BCUT2D eigenvalue weighted by Gasteiger charge is -1.89. The van der Waals surface area contributed by atoms with E-state index in [1.165, 1.54) is 13.8 Å². The number of hydrogen-bond acceptors (Lipinski definition) is 4. The first-order chi connectivity index (χ1) is 5.54. The van der Waals surface area contributed by atoms with Gasteiger partial charge in [-0.2, -0.15) is 5.26 Å². The maximum absolute atomic E-state index is 9.82. The van der Waals surface area contributed by atoms with Crippen LogP contribution in [0.1, 0.15) is 27.2 Å². The van der Waals surface area contributed by atoms with Gasteiger partial charge in [0.2, 0.25) is 0 Å². The summed E-state index contributed by atoms with van der Waals surface area (Å²) in [5.74, 6) is -0.282. The van der Waals surface area contributed by atoms with Gasteiger partial charge in [0, 0.05) is 6.92 Å². The van der Waals surface area contributed by atoms with E-state index in [4.69, 9.17) is 5.26 Å². The van der Waals surface area contributed by atoms with Gasteiger partial charge in [0.05, 0.1) is 19.1 Å². The molecular weight excluding hydrogens is 158 g/mol. The van der Waals surface area contributed by atoms with E-state index in [1.807, 2.05) is 0 Å². The Morgan fingerprint density at radius 2 is 1.92 bits per heavy atom.